The summed E-state index contributed by atoms with van der Waals surface area (Å²) >= 11 is 5.91. The zero-order valence-electron chi connectivity index (χ0n) is 11.0. The first kappa shape index (κ1) is 13.5. The summed E-state index contributed by atoms with van der Waals surface area (Å²) in [6, 6.07) is 12.4. The Morgan fingerprint density at radius 1 is 1.24 bits per heavy atom. The van der Waals surface area contributed by atoms with Gasteiger partial charge >= 0.3 is 0 Å². The Balaban J connectivity index is 1.90. The average Bonchev–Trinajstić information content (AvgIpc) is 2.93. The first-order valence-corrected chi connectivity index (χ1v) is 6.76. The maximum Gasteiger partial charge on any atom is 0.292 e. The molecule has 106 valence electrons. The van der Waals surface area contributed by atoms with E-state index in [-0.39, 0.29) is 5.69 Å². The highest BCUT2D eigenvalue weighted by molar-refractivity contribution is 6.31. The number of rotatable bonds is 4. The summed E-state index contributed by atoms with van der Waals surface area (Å²) in [5.74, 6) is 0. The molecule has 5 nitrogen and oxygen atoms in total. The molecule has 0 fully saturated rings. The van der Waals surface area contributed by atoms with Gasteiger partial charge in [0.15, 0.2) is 0 Å². The molecule has 3 rings (SSSR count). The maximum atomic E-state index is 11.0. The van der Waals surface area contributed by atoms with Crippen LogP contribution < -0.4 is 5.32 Å². The van der Waals surface area contributed by atoms with E-state index in [1.54, 1.807) is 6.07 Å². The van der Waals surface area contributed by atoms with E-state index in [2.05, 4.69) is 10.3 Å². The molecule has 0 aliphatic heterocycles. The Labute approximate surface area is 125 Å². The van der Waals surface area contributed by atoms with E-state index < -0.39 is 4.92 Å². The summed E-state index contributed by atoms with van der Waals surface area (Å²) < 4.78 is 0. The first-order chi connectivity index (χ1) is 10.1. The van der Waals surface area contributed by atoms with Crippen LogP contribution in [-0.4, -0.2) is 9.91 Å². The highest BCUT2D eigenvalue weighted by Gasteiger charge is 2.14. The monoisotopic (exact) mass is 301 g/mol. The van der Waals surface area contributed by atoms with Crippen LogP contribution in [-0.2, 0) is 6.54 Å². The van der Waals surface area contributed by atoms with Crippen molar-refractivity contribution in [3.8, 4) is 0 Å². The van der Waals surface area contributed by atoms with E-state index in [0.29, 0.717) is 17.3 Å². The molecule has 21 heavy (non-hydrogen) atoms. The lowest BCUT2D eigenvalue weighted by Crippen LogP contribution is -2.03. The normalized spacial score (nSPS) is 10.7. The lowest BCUT2D eigenvalue weighted by atomic mass is 10.1. The van der Waals surface area contributed by atoms with Crippen molar-refractivity contribution >= 4 is 33.9 Å². The number of nitro groups is 1. The van der Waals surface area contributed by atoms with Gasteiger partial charge in [0, 0.05) is 34.7 Å². The smallest absolute Gasteiger partial charge is 0.292 e. The van der Waals surface area contributed by atoms with Gasteiger partial charge in [0.25, 0.3) is 5.69 Å². The number of anilines is 1. The molecule has 1 aromatic heterocycles. The molecule has 0 atom stereocenters. The molecular formula is C15H12ClN3O2. The number of H-pyrrole nitrogens is 1. The summed E-state index contributed by atoms with van der Waals surface area (Å²) in [6.07, 6.45) is 1.87. The quantitative estimate of drug-likeness (QED) is 0.556. The molecule has 0 radical (unpaired) electrons. The van der Waals surface area contributed by atoms with Gasteiger partial charge in [0.2, 0.25) is 0 Å². The van der Waals surface area contributed by atoms with E-state index in [0.717, 1.165) is 16.5 Å². The van der Waals surface area contributed by atoms with Crippen molar-refractivity contribution in [3.05, 3.63) is 69.4 Å². The summed E-state index contributed by atoms with van der Waals surface area (Å²) in [5, 5.41) is 15.7. The largest absolute Gasteiger partial charge is 0.375 e. The van der Waals surface area contributed by atoms with E-state index >= 15 is 0 Å². The number of fused-ring (bicyclic) bond motifs is 1. The summed E-state index contributed by atoms with van der Waals surface area (Å²) in [5.41, 5.74) is 2.53. The van der Waals surface area contributed by atoms with Crippen LogP contribution in [0, 0.1) is 10.1 Å². The highest BCUT2D eigenvalue weighted by atomic mass is 35.5. The van der Waals surface area contributed by atoms with Crippen LogP contribution in [0.5, 0.6) is 0 Å². The van der Waals surface area contributed by atoms with E-state index in [4.69, 9.17) is 11.6 Å². The molecule has 2 N–H and O–H groups in total. The number of aromatic nitrogens is 1. The zero-order valence-corrected chi connectivity index (χ0v) is 11.7. The number of hydrogen-bond donors (Lipinski definition) is 2. The predicted molar refractivity (Wildman–Crippen MR) is 83.7 cm³/mol. The second kappa shape index (κ2) is 5.46. The van der Waals surface area contributed by atoms with Crippen LogP contribution in [0.15, 0.2) is 48.7 Å². The van der Waals surface area contributed by atoms with Gasteiger partial charge in [-0.1, -0.05) is 23.7 Å². The van der Waals surface area contributed by atoms with Crippen LogP contribution in [0.2, 0.25) is 5.02 Å². The molecule has 2 aromatic carbocycles. The van der Waals surface area contributed by atoms with Crippen molar-refractivity contribution in [1.82, 2.24) is 4.98 Å². The lowest BCUT2D eigenvalue weighted by molar-refractivity contribution is -0.384. The minimum absolute atomic E-state index is 0.0145. The summed E-state index contributed by atoms with van der Waals surface area (Å²) in [7, 11) is 0. The van der Waals surface area contributed by atoms with Crippen LogP contribution in [0.25, 0.3) is 10.9 Å². The van der Waals surface area contributed by atoms with Crippen molar-refractivity contribution in [1.29, 1.82) is 0 Å². The van der Waals surface area contributed by atoms with Crippen molar-refractivity contribution in [2.45, 2.75) is 6.54 Å². The second-order valence-electron chi connectivity index (χ2n) is 4.63. The van der Waals surface area contributed by atoms with Crippen LogP contribution in [0.1, 0.15) is 5.56 Å². The third kappa shape index (κ3) is 2.68. The lowest BCUT2D eigenvalue weighted by Gasteiger charge is -2.08. The van der Waals surface area contributed by atoms with Crippen molar-refractivity contribution in [3.63, 3.8) is 0 Å². The fourth-order valence-electron chi connectivity index (χ4n) is 2.30. The third-order valence-corrected chi connectivity index (χ3v) is 3.54. The third-order valence-electron chi connectivity index (χ3n) is 3.31. The molecule has 6 heteroatoms. The number of halogens is 1. The van der Waals surface area contributed by atoms with Gasteiger partial charge in [-0.15, -0.1) is 0 Å². The van der Waals surface area contributed by atoms with Gasteiger partial charge in [0.1, 0.15) is 5.69 Å². The van der Waals surface area contributed by atoms with E-state index in [9.17, 15) is 10.1 Å². The highest BCUT2D eigenvalue weighted by Crippen LogP contribution is 2.28. The Morgan fingerprint density at radius 3 is 2.90 bits per heavy atom. The molecule has 0 amide bonds. The van der Waals surface area contributed by atoms with Crippen LogP contribution in [0.3, 0.4) is 0 Å². The molecule has 1 heterocycles. The Bertz CT molecular complexity index is 814. The van der Waals surface area contributed by atoms with Gasteiger partial charge < -0.3 is 10.3 Å². The second-order valence-corrected chi connectivity index (χ2v) is 5.06. The first-order valence-electron chi connectivity index (χ1n) is 6.38. The number of nitro benzene ring substituents is 1. The van der Waals surface area contributed by atoms with E-state index in [1.807, 2.05) is 30.5 Å². The SMILES string of the molecule is O=[N+]([O-])c1ccc(Cl)cc1NCc1cccc2[nH]ccc12. The fraction of sp³-hybridized carbons (Fsp3) is 0.0667. The average molecular weight is 302 g/mol. The number of benzene rings is 2. The predicted octanol–water partition coefficient (Wildman–Crippen LogP) is 4.34. The Kier molecular flexibility index (Phi) is 3.50. The van der Waals surface area contributed by atoms with Crippen LogP contribution in [0.4, 0.5) is 11.4 Å². The van der Waals surface area contributed by atoms with Gasteiger partial charge in [0.05, 0.1) is 4.92 Å². The molecular weight excluding hydrogens is 290 g/mol. The van der Waals surface area contributed by atoms with Gasteiger partial charge in [-0.05, 0) is 29.8 Å². The molecule has 0 aliphatic carbocycles. The Morgan fingerprint density at radius 2 is 2.10 bits per heavy atom. The molecule has 0 bridgehead atoms. The van der Waals surface area contributed by atoms with E-state index in [1.165, 1.54) is 12.1 Å². The van der Waals surface area contributed by atoms with Crippen molar-refractivity contribution in [2.75, 3.05) is 5.32 Å². The molecule has 0 unspecified atom stereocenters. The number of hydrogen-bond acceptors (Lipinski definition) is 3. The minimum atomic E-state index is -0.421. The molecule has 0 spiro atoms. The van der Waals surface area contributed by atoms with Gasteiger partial charge in [-0.2, -0.15) is 0 Å². The number of aromatic amines is 1. The van der Waals surface area contributed by atoms with Gasteiger partial charge in [-0.3, -0.25) is 10.1 Å². The molecule has 0 aliphatic rings. The van der Waals surface area contributed by atoms with Crippen LogP contribution >= 0.6 is 11.6 Å². The Hall–Kier alpha value is -2.53. The minimum Gasteiger partial charge on any atom is -0.375 e. The summed E-state index contributed by atoms with van der Waals surface area (Å²) in [4.78, 5) is 13.8. The topological polar surface area (TPSA) is 71.0 Å². The zero-order chi connectivity index (χ0) is 14.8. The molecule has 0 saturated carbocycles. The molecule has 0 saturated heterocycles. The van der Waals surface area contributed by atoms with Gasteiger partial charge in [-0.25, -0.2) is 0 Å². The summed E-state index contributed by atoms with van der Waals surface area (Å²) in [6.45, 7) is 0.483. The fourth-order valence-corrected chi connectivity index (χ4v) is 2.48. The van der Waals surface area contributed by atoms with Crippen molar-refractivity contribution in [2.24, 2.45) is 0 Å². The number of nitrogens with zero attached hydrogens (tertiary/aromatic N) is 1. The number of nitrogens with one attached hydrogen (secondary N) is 2. The van der Waals surface area contributed by atoms with Crippen molar-refractivity contribution < 1.29 is 4.92 Å². The standard InChI is InChI=1S/C15H12ClN3O2/c16-11-4-5-15(19(20)21)14(8-11)18-9-10-2-1-3-13-12(10)6-7-17-13/h1-8,17-18H,9H2. The maximum absolute atomic E-state index is 11.0. The molecule has 3 aromatic rings.